The number of methoxy groups -OCH3 is 1. The summed E-state index contributed by atoms with van der Waals surface area (Å²) >= 11 is 0. The van der Waals surface area contributed by atoms with Gasteiger partial charge in [0.2, 0.25) is 0 Å². The summed E-state index contributed by atoms with van der Waals surface area (Å²) < 4.78 is 4.68. The topological polar surface area (TPSA) is 63.6 Å². The lowest BCUT2D eigenvalue weighted by Crippen LogP contribution is -2.27. The molecule has 0 saturated carbocycles. The Hall–Kier alpha value is -2.62. The van der Waals surface area contributed by atoms with Crippen LogP contribution in [-0.4, -0.2) is 24.0 Å². The fourth-order valence-electron chi connectivity index (χ4n) is 3.36. The molecule has 130 valence electrons. The summed E-state index contributed by atoms with van der Waals surface area (Å²) in [5.41, 5.74) is 3.87. The number of carbonyl (C=O) groups excluding carboxylic acids is 2. The van der Waals surface area contributed by atoms with Crippen molar-refractivity contribution < 1.29 is 19.4 Å². The van der Waals surface area contributed by atoms with Crippen molar-refractivity contribution in [2.24, 2.45) is 0 Å². The second kappa shape index (κ2) is 6.36. The molecule has 0 radical (unpaired) electrons. The molecule has 2 aromatic rings. The highest BCUT2D eigenvalue weighted by atomic mass is 16.5. The average molecular weight is 338 g/mol. The molecule has 3 rings (SSSR count). The first kappa shape index (κ1) is 17.2. The lowest BCUT2D eigenvalue weighted by Gasteiger charge is -2.32. The molecule has 1 N–H and O–H groups in total. The van der Waals surface area contributed by atoms with Crippen molar-refractivity contribution in [1.29, 1.82) is 0 Å². The van der Waals surface area contributed by atoms with Crippen LogP contribution in [0.3, 0.4) is 0 Å². The van der Waals surface area contributed by atoms with E-state index in [4.69, 9.17) is 0 Å². The third-order valence-corrected chi connectivity index (χ3v) is 4.97. The lowest BCUT2D eigenvalue weighted by atomic mass is 9.71. The molecule has 0 saturated heterocycles. The van der Waals surface area contributed by atoms with Crippen LogP contribution in [0.25, 0.3) is 11.1 Å². The molecule has 4 heteroatoms. The van der Waals surface area contributed by atoms with Crippen LogP contribution >= 0.6 is 0 Å². The number of benzene rings is 2. The maximum absolute atomic E-state index is 12.2. The molecular formula is C21H22O4. The minimum Gasteiger partial charge on any atom is -0.507 e. The zero-order valence-electron chi connectivity index (χ0n) is 14.8. The summed E-state index contributed by atoms with van der Waals surface area (Å²) in [5, 5.41) is 10.4. The van der Waals surface area contributed by atoms with Gasteiger partial charge < -0.3 is 9.84 Å². The maximum atomic E-state index is 12.2. The number of hydrogen-bond donors (Lipinski definition) is 1. The largest absolute Gasteiger partial charge is 0.507 e. The van der Waals surface area contributed by atoms with Gasteiger partial charge in [0.25, 0.3) is 0 Å². The summed E-state index contributed by atoms with van der Waals surface area (Å²) in [7, 11) is 1.37. The summed E-state index contributed by atoms with van der Waals surface area (Å²) in [6.07, 6.45) is 1.47. The van der Waals surface area contributed by atoms with E-state index in [-0.39, 0.29) is 29.3 Å². The molecule has 0 amide bonds. The Morgan fingerprint density at radius 1 is 1.16 bits per heavy atom. The van der Waals surface area contributed by atoms with Crippen LogP contribution in [0.15, 0.2) is 36.4 Å². The monoisotopic (exact) mass is 338 g/mol. The quantitative estimate of drug-likeness (QED) is 0.858. The number of esters is 1. The van der Waals surface area contributed by atoms with E-state index in [1.165, 1.54) is 7.11 Å². The van der Waals surface area contributed by atoms with Gasteiger partial charge in [-0.2, -0.15) is 0 Å². The fourth-order valence-corrected chi connectivity index (χ4v) is 3.36. The van der Waals surface area contributed by atoms with Crippen molar-refractivity contribution in [3.63, 3.8) is 0 Å². The third kappa shape index (κ3) is 3.29. The number of hydrogen-bond acceptors (Lipinski definition) is 4. The van der Waals surface area contributed by atoms with Crippen LogP contribution in [-0.2, 0) is 21.4 Å². The van der Waals surface area contributed by atoms with Crippen LogP contribution < -0.4 is 0 Å². The van der Waals surface area contributed by atoms with Crippen molar-refractivity contribution in [2.45, 2.75) is 38.5 Å². The SMILES string of the molecule is COC(=O)Cc1ccc(-c2cc(O)c3c(c2)C(C)(C)CCC3=O)cc1. The van der Waals surface area contributed by atoms with E-state index in [1.54, 1.807) is 6.07 Å². The first-order chi connectivity index (χ1) is 11.8. The predicted octanol–water partition coefficient (Wildman–Crippen LogP) is 4.03. The number of ketones is 1. The summed E-state index contributed by atoms with van der Waals surface area (Å²) in [5.74, 6) is -0.227. The molecule has 25 heavy (non-hydrogen) atoms. The predicted molar refractivity (Wildman–Crippen MR) is 95.9 cm³/mol. The standard InChI is InChI=1S/C21H22O4/c1-21(2)9-8-17(22)20-16(21)11-15(12-18(20)23)14-6-4-13(5-7-14)10-19(24)25-3/h4-7,11-12,23H,8-10H2,1-3H3. The second-order valence-electron chi connectivity index (χ2n) is 7.17. The van der Waals surface area contributed by atoms with E-state index >= 15 is 0 Å². The van der Waals surface area contributed by atoms with Gasteiger partial charge in [-0.1, -0.05) is 38.1 Å². The maximum Gasteiger partial charge on any atom is 0.309 e. The van der Waals surface area contributed by atoms with Gasteiger partial charge in [0.05, 0.1) is 19.1 Å². The lowest BCUT2D eigenvalue weighted by molar-refractivity contribution is -0.139. The molecule has 0 bridgehead atoms. The molecule has 0 fully saturated rings. The van der Waals surface area contributed by atoms with Crippen molar-refractivity contribution in [2.75, 3.05) is 7.11 Å². The Bertz CT molecular complexity index is 832. The minimum atomic E-state index is -0.278. The van der Waals surface area contributed by atoms with Gasteiger partial charge in [-0.3, -0.25) is 9.59 Å². The smallest absolute Gasteiger partial charge is 0.309 e. The first-order valence-electron chi connectivity index (χ1n) is 8.38. The number of rotatable bonds is 3. The van der Waals surface area contributed by atoms with E-state index in [9.17, 15) is 14.7 Å². The molecule has 0 heterocycles. The van der Waals surface area contributed by atoms with Gasteiger partial charge >= 0.3 is 5.97 Å². The number of Topliss-reactive ketones (excluding diaryl/α,β-unsaturated/α-hetero) is 1. The van der Waals surface area contributed by atoms with Gasteiger partial charge in [-0.25, -0.2) is 0 Å². The number of fused-ring (bicyclic) bond motifs is 1. The Labute approximate surface area is 147 Å². The molecule has 0 aliphatic heterocycles. The van der Waals surface area contributed by atoms with Gasteiger partial charge in [-0.05, 0) is 46.2 Å². The van der Waals surface area contributed by atoms with Crippen molar-refractivity contribution in [1.82, 2.24) is 0 Å². The van der Waals surface area contributed by atoms with Crippen LogP contribution in [0, 0.1) is 0 Å². The summed E-state index contributed by atoms with van der Waals surface area (Å²) in [6, 6.07) is 11.2. The number of phenolic OH excluding ortho intramolecular Hbond substituents is 1. The zero-order valence-corrected chi connectivity index (χ0v) is 14.8. The first-order valence-corrected chi connectivity index (χ1v) is 8.38. The van der Waals surface area contributed by atoms with E-state index < -0.39 is 0 Å². The minimum absolute atomic E-state index is 0.00630. The molecule has 1 aliphatic rings. The Kier molecular flexibility index (Phi) is 4.38. The van der Waals surface area contributed by atoms with Crippen molar-refractivity contribution in [3.05, 3.63) is 53.1 Å². The molecule has 2 aromatic carbocycles. The highest BCUT2D eigenvalue weighted by Crippen LogP contribution is 2.42. The van der Waals surface area contributed by atoms with Crippen LogP contribution in [0.4, 0.5) is 0 Å². The second-order valence-corrected chi connectivity index (χ2v) is 7.17. The van der Waals surface area contributed by atoms with Crippen LogP contribution in [0.5, 0.6) is 5.75 Å². The summed E-state index contributed by atoms with van der Waals surface area (Å²) in [4.78, 5) is 23.6. The molecule has 0 atom stereocenters. The Balaban J connectivity index is 2.00. The molecule has 1 aliphatic carbocycles. The molecule has 4 nitrogen and oxygen atoms in total. The van der Waals surface area contributed by atoms with Crippen LogP contribution in [0.2, 0.25) is 0 Å². The molecular weight excluding hydrogens is 316 g/mol. The zero-order chi connectivity index (χ0) is 18.2. The number of ether oxygens (including phenoxy) is 1. The molecule has 0 spiro atoms. The van der Waals surface area contributed by atoms with E-state index in [0.717, 1.165) is 28.7 Å². The van der Waals surface area contributed by atoms with Crippen LogP contribution in [0.1, 0.15) is 48.2 Å². The normalized spacial score (nSPS) is 15.6. The van der Waals surface area contributed by atoms with E-state index in [0.29, 0.717) is 12.0 Å². The Morgan fingerprint density at radius 3 is 2.48 bits per heavy atom. The van der Waals surface area contributed by atoms with Gasteiger partial charge in [-0.15, -0.1) is 0 Å². The third-order valence-electron chi connectivity index (χ3n) is 4.97. The summed E-state index contributed by atoms with van der Waals surface area (Å²) in [6.45, 7) is 4.20. The van der Waals surface area contributed by atoms with E-state index in [1.807, 2.05) is 30.3 Å². The van der Waals surface area contributed by atoms with Crippen molar-refractivity contribution >= 4 is 11.8 Å². The average Bonchev–Trinajstić information content (AvgIpc) is 2.58. The molecule has 0 unspecified atom stereocenters. The van der Waals surface area contributed by atoms with Gasteiger partial charge in [0.1, 0.15) is 5.75 Å². The number of carbonyl (C=O) groups is 2. The highest BCUT2D eigenvalue weighted by Gasteiger charge is 2.34. The number of phenols is 1. The van der Waals surface area contributed by atoms with Crippen molar-refractivity contribution in [3.8, 4) is 16.9 Å². The van der Waals surface area contributed by atoms with E-state index in [2.05, 4.69) is 18.6 Å². The fraction of sp³-hybridized carbons (Fsp3) is 0.333. The highest BCUT2D eigenvalue weighted by molar-refractivity contribution is 6.02. The Morgan fingerprint density at radius 2 is 1.84 bits per heavy atom. The number of aromatic hydroxyl groups is 1. The van der Waals surface area contributed by atoms with Gasteiger partial charge in [0, 0.05) is 6.42 Å². The molecule has 0 aromatic heterocycles. The van der Waals surface area contributed by atoms with Gasteiger partial charge in [0.15, 0.2) is 5.78 Å².